The van der Waals surface area contributed by atoms with Gasteiger partial charge < -0.3 is 10.2 Å². The van der Waals surface area contributed by atoms with Crippen LogP contribution < -0.4 is 5.32 Å². The first-order valence-corrected chi connectivity index (χ1v) is 7.84. The Morgan fingerprint density at radius 2 is 2.00 bits per heavy atom. The van der Waals surface area contributed by atoms with Crippen molar-refractivity contribution in [2.75, 3.05) is 39.3 Å². The van der Waals surface area contributed by atoms with Gasteiger partial charge in [0, 0.05) is 45.3 Å². The summed E-state index contributed by atoms with van der Waals surface area (Å²) < 4.78 is 1.02. The van der Waals surface area contributed by atoms with Crippen LogP contribution in [0.3, 0.4) is 0 Å². The molecule has 1 N–H and O–H groups in total. The van der Waals surface area contributed by atoms with Crippen molar-refractivity contribution in [1.82, 2.24) is 15.1 Å². The molecule has 0 radical (unpaired) electrons. The summed E-state index contributed by atoms with van der Waals surface area (Å²) in [5.74, 6) is 0.178. The Kier molecular flexibility index (Phi) is 3.70. The first kappa shape index (κ1) is 12.6. The minimum Gasteiger partial charge on any atom is -0.335 e. The predicted molar refractivity (Wildman–Crippen MR) is 76.2 cm³/mol. The molecule has 1 amide bonds. The Balaban J connectivity index is 1.57. The largest absolute Gasteiger partial charge is 0.335 e. The third-order valence-electron chi connectivity index (χ3n) is 3.66. The molecule has 0 aromatic carbocycles. The summed E-state index contributed by atoms with van der Waals surface area (Å²) in [6.07, 6.45) is 0. The summed E-state index contributed by atoms with van der Waals surface area (Å²) in [6.45, 7) is 5.92. The van der Waals surface area contributed by atoms with Gasteiger partial charge in [-0.15, -0.1) is 11.3 Å². The van der Waals surface area contributed by atoms with Crippen molar-refractivity contribution < 1.29 is 4.79 Å². The lowest BCUT2D eigenvalue weighted by atomic mass is 10.1. The number of amides is 1. The number of rotatable bonds is 2. The standard InChI is InChI=1S/C12H16BrN3OS/c13-11-2-1-10(18-11)12(17)16-5-3-15(4-6-16)9-7-14-8-9/h1-2,9,14H,3-8H2. The molecule has 18 heavy (non-hydrogen) atoms. The van der Waals surface area contributed by atoms with Gasteiger partial charge in [-0.2, -0.15) is 0 Å². The lowest BCUT2D eigenvalue weighted by Gasteiger charge is -2.43. The van der Waals surface area contributed by atoms with E-state index < -0.39 is 0 Å². The quantitative estimate of drug-likeness (QED) is 0.886. The zero-order valence-corrected chi connectivity index (χ0v) is 12.5. The van der Waals surface area contributed by atoms with Crippen LogP contribution in [0.5, 0.6) is 0 Å². The Labute approximate surface area is 119 Å². The van der Waals surface area contributed by atoms with E-state index >= 15 is 0 Å². The monoisotopic (exact) mass is 329 g/mol. The molecule has 3 rings (SSSR count). The van der Waals surface area contributed by atoms with Crippen molar-refractivity contribution in [3.05, 3.63) is 20.8 Å². The molecule has 98 valence electrons. The maximum atomic E-state index is 12.3. The number of nitrogens with zero attached hydrogens (tertiary/aromatic N) is 2. The van der Waals surface area contributed by atoms with E-state index in [-0.39, 0.29) is 5.91 Å². The maximum Gasteiger partial charge on any atom is 0.264 e. The summed E-state index contributed by atoms with van der Waals surface area (Å²) in [4.78, 5) is 17.6. The second-order valence-corrected chi connectivity index (χ2v) is 7.21. The first-order valence-electron chi connectivity index (χ1n) is 6.23. The van der Waals surface area contributed by atoms with Crippen LogP contribution in [0.4, 0.5) is 0 Å². The summed E-state index contributed by atoms with van der Waals surface area (Å²) in [6, 6.07) is 4.53. The molecule has 0 unspecified atom stereocenters. The smallest absolute Gasteiger partial charge is 0.264 e. The Morgan fingerprint density at radius 3 is 2.50 bits per heavy atom. The van der Waals surface area contributed by atoms with E-state index in [0.29, 0.717) is 6.04 Å². The zero-order chi connectivity index (χ0) is 12.5. The third-order valence-corrected chi connectivity index (χ3v) is 5.27. The molecule has 0 spiro atoms. The van der Waals surface area contributed by atoms with Gasteiger partial charge in [0.25, 0.3) is 5.91 Å². The fraction of sp³-hybridized carbons (Fsp3) is 0.583. The van der Waals surface area contributed by atoms with Gasteiger partial charge in [0.2, 0.25) is 0 Å². The van der Waals surface area contributed by atoms with Gasteiger partial charge in [-0.3, -0.25) is 9.69 Å². The van der Waals surface area contributed by atoms with Gasteiger partial charge in [0.1, 0.15) is 0 Å². The number of nitrogens with one attached hydrogen (secondary N) is 1. The van der Waals surface area contributed by atoms with Crippen LogP contribution in [0.25, 0.3) is 0 Å². The fourth-order valence-corrected chi connectivity index (χ4v) is 3.76. The van der Waals surface area contributed by atoms with Crippen LogP contribution in [-0.4, -0.2) is 61.0 Å². The van der Waals surface area contributed by atoms with Gasteiger partial charge >= 0.3 is 0 Å². The first-order chi connectivity index (χ1) is 8.74. The normalized spacial score (nSPS) is 21.9. The highest BCUT2D eigenvalue weighted by molar-refractivity contribution is 9.11. The summed E-state index contributed by atoms with van der Waals surface area (Å²) >= 11 is 4.92. The molecule has 6 heteroatoms. The number of piperazine rings is 1. The topological polar surface area (TPSA) is 35.6 Å². The zero-order valence-electron chi connectivity index (χ0n) is 10.1. The molecule has 3 heterocycles. The molecule has 2 fully saturated rings. The van der Waals surface area contributed by atoms with Gasteiger partial charge in [-0.1, -0.05) is 0 Å². The molecular weight excluding hydrogens is 314 g/mol. The molecule has 2 saturated heterocycles. The van der Waals surface area contributed by atoms with Crippen molar-refractivity contribution in [3.63, 3.8) is 0 Å². The van der Waals surface area contributed by atoms with E-state index in [0.717, 1.165) is 47.9 Å². The van der Waals surface area contributed by atoms with Crippen LogP contribution in [0.2, 0.25) is 0 Å². The minimum absolute atomic E-state index is 0.178. The second-order valence-electron chi connectivity index (χ2n) is 4.74. The highest BCUT2D eigenvalue weighted by atomic mass is 79.9. The van der Waals surface area contributed by atoms with Gasteiger partial charge in [0.15, 0.2) is 0 Å². The number of hydrogen-bond donors (Lipinski definition) is 1. The van der Waals surface area contributed by atoms with E-state index in [1.807, 2.05) is 17.0 Å². The fourth-order valence-electron chi connectivity index (χ4n) is 2.41. The summed E-state index contributed by atoms with van der Waals surface area (Å²) in [5.41, 5.74) is 0. The Morgan fingerprint density at radius 1 is 1.28 bits per heavy atom. The van der Waals surface area contributed by atoms with Crippen molar-refractivity contribution in [3.8, 4) is 0 Å². The average Bonchev–Trinajstić information content (AvgIpc) is 2.74. The maximum absolute atomic E-state index is 12.3. The molecule has 1 aromatic heterocycles. The van der Waals surface area contributed by atoms with E-state index in [2.05, 4.69) is 26.1 Å². The number of thiophene rings is 1. The number of carbonyl (C=O) groups excluding carboxylic acids is 1. The van der Waals surface area contributed by atoms with E-state index in [4.69, 9.17) is 0 Å². The van der Waals surface area contributed by atoms with Crippen molar-refractivity contribution in [1.29, 1.82) is 0 Å². The average molecular weight is 330 g/mol. The number of carbonyl (C=O) groups is 1. The summed E-state index contributed by atoms with van der Waals surface area (Å²) in [7, 11) is 0. The molecule has 0 bridgehead atoms. The van der Waals surface area contributed by atoms with E-state index in [1.54, 1.807) is 0 Å². The van der Waals surface area contributed by atoms with Crippen molar-refractivity contribution in [2.45, 2.75) is 6.04 Å². The highest BCUT2D eigenvalue weighted by Crippen LogP contribution is 2.24. The van der Waals surface area contributed by atoms with Crippen LogP contribution in [0.1, 0.15) is 9.67 Å². The van der Waals surface area contributed by atoms with Crippen molar-refractivity contribution >= 4 is 33.2 Å². The summed E-state index contributed by atoms with van der Waals surface area (Å²) in [5, 5.41) is 3.30. The molecule has 0 atom stereocenters. The van der Waals surface area contributed by atoms with Crippen LogP contribution in [0.15, 0.2) is 15.9 Å². The van der Waals surface area contributed by atoms with Crippen molar-refractivity contribution in [2.24, 2.45) is 0 Å². The van der Waals surface area contributed by atoms with Gasteiger partial charge in [-0.05, 0) is 28.1 Å². The molecule has 2 aliphatic heterocycles. The van der Waals surface area contributed by atoms with Gasteiger partial charge in [0.05, 0.1) is 8.66 Å². The number of halogens is 1. The molecule has 0 aliphatic carbocycles. The van der Waals surface area contributed by atoms with Crippen LogP contribution >= 0.6 is 27.3 Å². The number of hydrogen-bond acceptors (Lipinski definition) is 4. The van der Waals surface area contributed by atoms with Gasteiger partial charge in [-0.25, -0.2) is 0 Å². The SMILES string of the molecule is O=C(c1ccc(Br)s1)N1CCN(C2CNC2)CC1. The van der Waals surface area contributed by atoms with Crippen LogP contribution in [-0.2, 0) is 0 Å². The van der Waals surface area contributed by atoms with E-state index in [1.165, 1.54) is 11.3 Å². The Hall–Kier alpha value is -0.430. The predicted octanol–water partition coefficient (Wildman–Crippen LogP) is 1.24. The lowest BCUT2D eigenvalue weighted by Crippen LogP contribution is -2.62. The Bertz CT molecular complexity index is 438. The molecule has 2 aliphatic rings. The molecule has 0 saturated carbocycles. The van der Waals surface area contributed by atoms with Crippen LogP contribution in [0, 0.1) is 0 Å². The lowest BCUT2D eigenvalue weighted by molar-refractivity contribution is 0.0506. The second kappa shape index (κ2) is 5.28. The molecule has 1 aromatic rings. The minimum atomic E-state index is 0.178. The molecule has 4 nitrogen and oxygen atoms in total. The van der Waals surface area contributed by atoms with E-state index in [9.17, 15) is 4.79 Å². The molecular formula is C12H16BrN3OS. The highest BCUT2D eigenvalue weighted by Gasteiger charge is 2.29. The third kappa shape index (κ3) is 2.47.